The van der Waals surface area contributed by atoms with Gasteiger partial charge in [0, 0.05) is 38.3 Å². The van der Waals surface area contributed by atoms with Gasteiger partial charge in [0.1, 0.15) is 11.5 Å². The minimum Gasteiger partial charge on any atom is -0.465 e. The van der Waals surface area contributed by atoms with Gasteiger partial charge in [-0.15, -0.1) is 0 Å². The second kappa shape index (κ2) is 7.97. The molecule has 4 heteroatoms. The highest BCUT2D eigenvalue weighted by atomic mass is 16.3. The molecule has 0 unspecified atom stereocenters. The SMILES string of the molecule is CCN1CCN(Cc2cc(CNCC(C)C)c(C)o2)CC1. The van der Waals surface area contributed by atoms with Crippen molar-refractivity contribution < 1.29 is 4.42 Å². The van der Waals surface area contributed by atoms with Gasteiger partial charge in [0.25, 0.3) is 0 Å². The molecule has 0 amide bonds. The molecule has 1 aliphatic heterocycles. The van der Waals surface area contributed by atoms with E-state index in [1.54, 1.807) is 0 Å². The molecule has 0 aliphatic carbocycles. The molecule has 1 aromatic rings. The Hall–Kier alpha value is -0.840. The summed E-state index contributed by atoms with van der Waals surface area (Å²) in [5.74, 6) is 2.86. The number of rotatable bonds is 7. The fraction of sp³-hybridized carbons (Fsp3) is 0.765. The minimum atomic E-state index is 0.687. The van der Waals surface area contributed by atoms with E-state index in [0.29, 0.717) is 5.92 Å². The van der Waals surface area contributed by atoms with E-state index in [1.807, 2.05) is 0 Å². The van der Waals surface area contributed by atoms with Gasteiger partial charge in [-0.3, -0.25) is 4.90 Å². The van der Waals surface area contributed by atoms with Crippen LogP contribution >= 0.6 is 0 Å². The Kier molecular flexibility index (Phi) is 6.27. The highest BCUT2D eigenvalue weighted by Gasteiger charge is 2.17. The summed E-state index contributed by atoms with van der Waals surface area (Å²) in [5, 5.41) is 3.49. The van der Waals surface area contributed by atoms with E-state index in [4.69, 9.17) is 4.42 Å². The van der Waals surface area contributed by atoms with Crippen molar-refractivity contribution in [2.24, 2.45) is 5.92 Å². The summed E-state index contributed by atoms with van der Waals surface area (Å²) in [4.78, 5) is 5.00. The van der Waals surface area contributed by atoms with Crippen LogP contribution < -0.4 is 5.32 Å². The van der Waals surface area contributed by atoms with Crippen LogP contribution in [-0.2, 0) is 13.1 Å². The molecule has 1 N–H and O–H groups in total. The molecule has 1 fully saturated rings. The average Bonchev–Trinajstić information content (AvgIpc) is 2.79. The summed E-state index contributed by atoms with van der Waals surface area (Å²) in [7, 11) is 0. The number of nitrogens with one attached hydrogen (secondary N) is 1. The van der Waals surface area contributed by atoms with Crippen molar-refractivity contribution in [2.45, 2.75) is 40.8 Å². The number of hydrogen-bond acceptors (Lipinski definition) is 4. The van der Waals surface area contributed by atoms with Gasteiger partial charge in [-0.2, -0.15) is 0 Å². The maximum Gasteiger partial charge on any atom is 0.118 e. The van der Waals surface area contributed by atoms with Crippen molar-refractivity contribution in [3.8, 4) is 0 Å². The molecule has 4 nitrogen and oxygen atoms in total. The Labute approximate surface area is 129 Å². The van der Waals surface area contributed by atoms with Crippen LogP contribution in [0.1, 0.15) is 37.9 Å². The van der Waals surface area contributed by atoms with Crippen LogP contribution in [0, 0.1) is 12.8 Å². The molecular formula is C17H31N3O. The van der Waals surface area contributed by atoms with Gasteiger partial charge in [0.05, 0.1) is 6.54 Å². The number of nitrogens with zero attached hydrogens (tertiary/aromatic N) is 2. The third-order valence-electron chi connectivity index (χ3n) is 4.23. The second-order valence-electron chi connectivity index (χ2n) is 6.53. The first-order valence-electron chi connectivity index (χ1n) is 8.32. The van der Waals surface area contributed by atoms with Gasteiger partial charge in [-0.05, 0) is 32.0 Å². The quantitative estimate of drug-likeness (QED) is 0.837. The summed E-state index contributed by atoms with van der Waals surface area (Å²) >= 11 is 0. The smallest absolute Gasteiger partial charge is 0.118 e. The molecule has 0 atom stereocenters. The van der Waals surface area contributed by atoms with Gasteiger partial charge in [-0.1, -0.05) is 20.8 Å². The molecular weight excluding hydrogens is 262 g/mol. The zero-order valence-corrected chi connectivity index (χ0v) is 14.1. The fourth-order valence-electron chi connectivity index (χ4n) is 2.82. The summed E-state index contributed by atoms with van der Waals surface area (Å²) < 4.78 is 5.93. The first-order chi connectivity index (χ1) is 10.1. The van der Waals surface area contributed by atoms with Crippen molar-refractivity contribution in [1.29, 1.82) is 0 Å². The van der Waals surface area contributed by atoms with Crippen LogP contribution in [-0.4, -0.2) is 49.1 Å². The van der Waals surface area contributed by atoms with Crippen LogP contribution in [0.4, 0.5) is 0 Å². The van der Waals surface area contributed by atoms with Crippen molar-refractivity contribution in [3.63, 3.8) is 0 Å². The van der Waals surface area contributed by atoms with Crippen LogP contribution in [0.2, 0.25) is 0 Å². The summed E-state index contributed by atoms with van der Waals surface area (Å²) in [6.45, 7) is 17.5. The molecule has 0 saturated carbocycles. The van der Waals surface area contributed by atoms with E-state index in [0.717, 1.165) is 44.2 Å². The molecule has 2 rings (SSSR count). The molecule has 120 valence electrons. The Morgan fingerprint density at radius 1 is 1.19 bits per heavy atom. The lowest BCUT2D eigenvalue weighted by Gasteiger charge is -2.33. The third-order valence-corrected chi connectivity index (χ3v) is 4.23. The van der Waals surface area contributed by atoms with E-state index in [2.05, 4.69) is 48.9 Å². The normalized spacial score (nSPS) is 17.8. The van der Waals surface area contributed by atoms with Gasteiger partial charge in [0.2, 0.25) is 0 Å². The molecule has 1 aromatic heterocycles. The van der Waals surface area contributed by atoms with Crippen molar-refractivity contribution in [3.05, 3.63) is 23.2 Å². The maximum absolute atomic E-state index is 5.93. The van der Waals surface area contributed by atoms with Crippen LogP contribution in [0.3, 0.4) is 0 Å². The van der Waals surface area contributed by atoms with Gasteiger partial charge < -0.3 is 14.6 Å². The van der Waals surface area contributed by atoms with E-state index in [9.17, 15) is 0 Å². The molecule has 0 spiro atoms. The van der Waals surface area contributed by atoms with Crippen molar-refractivity contribution in [1.82, 2.24) is 15.1 Å². The lowest BCUT2D eigenvalue weighted by Crippen LogP contribution is -2.45. The van der Waals surface area contributed by atoms with E-state index >= 15 is 0 Å². The fourth-order valence-corrected chi connectivity index (χ4v) is 2.82. The first kappa shape index (κ1) is 16.5. The molecule has 1 aliphatic rings. The monoisotopic (exact) mass is 293 g/mol. The molecule has 1 saturated heterocycles. The number of likely N-dealkylation sites (N-methyl/N-ethyl adjacent to an activating group) is 1. The van der Waals surface area contributed by atoms with Crippen LogP contribution in [0.25, 0.3) is 0 Å². The van der Waals surface area contributed by atoms with Crippen LogP contribution in [0.15, 0.2) is 10.5 Å². The summed E-state index contributed by atoms with van der Waals surface area (Å²) in [6, 6.07) is 2.23. The van der Waals surface area contributed by atoms with Crippen molar-refractivity contribution in [2.75, 3.05) is 39.3 Å². The summed E-state index contributed by atoms with van der Waals surface area (Å²) in [5.41, 5.74) is 1.30. The minimum absolute atomic E-state index is 0.687. The standard InChI is InChI=1S/C17H31N3O/c1-5-19-6-8-20(9-7-19)13-17-10-16(15(4)21-17)12-18-11-14(2)3/h10,14,18H,5-9,11-13H2,1-4H3. The number of aryl methyl sites for hydroxylation is 1. The number of piperazine rings is 1. The molecule has 21 heavy (non-hydrogen) atoms. The average molecular weight is 293 g/mol. The second-order valence-corrected chi connectivity index (χ2v) is 6.53. The van der Waals surface area contributed by atoms with Gasteiger partial charge in [-0.25, -0.2) is 0 Å². The predicted octanol–water partition coefficient (Wildman–Crippen LogP) is 2.47. The van der Waals surface area contributed by atoms with E-state index < -0.39 is 0 Å². The van der Waals surface area contributed by atoms with Gasteiger partial charge in [0.15, 0.2) is 0 Å². The summed E-state index contributed by atoms with van der Waals surface area (Å²) in [6.07, 6.45) is 0. The Bertz CT molecular complexity index is 420. The Morgan fingerprint density at radius 3 is 2.48 bits per heavy atom. The Morgan fingerprint density at radius 2 is 1.86 bits per heavy atom. The number of hydrogen-bond donors (Lipinski definition) is 1. The molecule has 0 radical (unpaired) electrons. The van der Waals surface area contributed by atoms with Crippen molar-refractivity contribution >= 4 is 0 Å². The zero-order chi connectivity index (χ0) is 15.2. The maximum atomic E-state index is 5.93. The molecule has 0 bridgehead atoms. The predicted molar refractivity (Wildman–Crippen MR) is 87.4 cm³/mol. The lowest BCUT2D eigenvalue weighted by molar-refractivity contribution is 0.125. The lowest BCUT2D eigenvalue weighted by atomic mass is 10.2. The zero-order valence-electron chi connectivity index (χ0n) is 14.1. The molecule has 0 aromatic carbocycles. The first-order valence-corrected chi connectivity index (χ1v) is 8.32. The molecule has 2 heterocycles. The Balaban J connectivity index is 1.81. The third kappa shape index (κ3) is 5.13. The highest BCUT2D eigenvalue weighted by Crippen LogP contribution is 2.17. The van der Waals surface area contributed by atoms with Gasteiger partial charge >= 0.3 is 0 Å². The van der Waals surface area contributed by atoms with E-state index in [-0.39, 0.29) is 0 Å². The topological polar surface area (TPSA) is 31.6 Å². The largest absolute Gasteiger partial charge is 0.465 e. The highest BCUT2D eigenvalue weighted by molar-refractivity contribution is 5.20. The van der Waals surface area contributed by atoms with Crippen LogP contribution in [0.5, 0.6) is 0 Å². The van der Waals surface area contributed by atoms with E-state index in [1.165, 1.54) is 25.2 Å². The number of furan rings is 1.